The predicted molar refractivity (Wildman–Crippen MR) is 91.4 cm³/mol. The van der Waals surface area contributed by atoms with Crippen LogP contribution >= 0.6 is 11.6 Å². The summed E-state index contributed by atoms with van der Waals surface area (Å²) in [4.78, 5) is 13.2. The highest BCUT2D eigenvalue weighted by Crippen LogP contribution is 2.14. The van der Waals surface area contributed by atoms with Crippen LogP contribution in [-0.4, -0.2) is 52.6 Å². The average molecular weight is 342 g/mol. The first kappa shape index (κ1) is 19.5. The van der Waals surface area contributed by atoms with Crippen LogP contribution in [0, 0.1) is 0 Å². The minimum absolute atomic E-state index is 0.387. The zero-order valence-electron chi connectivity index (χ0n) is 13.9. The number of nitrogens with zero attached hydrogens (tertiary/aromatic N) is 1. The number of halogens is 1. The Hall–Kier alpha value is -1.56. The maximum absolute atomic E-state index is 12.0. The molecule has 0 aliphatic carbocycles. The molecule has 0 aromatic heterocycles. The summed E-state index contributed by atoms with van der Waals surface area (Å²) in [5, 5.41) is 20.3. The maximum Gasteiger partial charge on any atom is 0.410 e. The molecule has 2 N–H and O–H groups in total. The van der Waals surface area contributed by atoms with Crippen molar-refractivity contribution in [2.24, 2.45) is 0 Å². The largest absolute Gasteiger partial charge is 0.444 e. The van der Waals surface area contributed by atoms with Crippen LogP contribution in [0.5, 0.6) is 0 Å². The minimum Gasteiger partial charge on any atom is -0.444 e. The molecule has 0 aliphatic rings. The summed E-state index contributed by atoms with van der Waals surface area (Å²) in [5.41, 5.74) is 0.209. The van der Waals surface area contributed by atoms with Gasteiger partial charge in [0, 0.05) is 12.1 Å². The summed E-state index contributed by atoms with van der Waals surface area (Å²) in [6.45, 7) is 4.87. The Morgan fingerprint density at radius 1 is 1.35 bits per heavy atom. The SMILES string of the molecule is CN(C(=O)OC(C)(C)C)C(CO)[C@H](O)/C=C/c1ccc(Cl)cc1. The van der Waals surface area contributed by atoms with Gasteiger partial charge in [-0.2, -0.15) is 0 Å². The number of hydrogen-bond donors (Lipinski definition) is 2. The topological polar surface area (TPSA) is 70.0 Å². The van der Waals surface area contributed by atoms with Gasteiger partial charge in [-0.25, -0.2) is 4.79 Å². The Bertz CT molecular complexity index is 537. The van der Waals surface area contributed by atoms with E-state index >= 15 is 0 Å². The summed E-state index contributed by atoms with van der Waals surface area (Å²) >= 11 is 5.81. The van der Waals surface area contributed by atoms with E-state index in [0.29, 0.717) is 5.02 Å². The Balaban J connectivity index is 2.75. The summed E-state index contributed by atoms with van der Waals surface area (Å²) < 4.78 is 5.23. The van der Waals surface area contributed by atoms with E-state index in [0.717, 1.165) is 5.56 Å². The lowest BCUT2D eigenvalue weighted by Crippen LogP contribution is -2.48. The molecule has 0 saturated carbocycles. The summed E-state index contributed by atoms with van der Waals surface area (Å²) in [7, 11) is 1.48. The fraction of sp³-hybridized carbons (Fsp3) is 0.471. The van der Waals surface area contributed by atoms with Crippen molar-refractivity contribution in [3.8, 4) is 0 Å². The van der Waals surface area contributed by atoms with Gasteiger partial charge in [0.25, 0.3) is 0 Å². The number of likely N-dealkylation sites (N-methyl/N-ethyl adjacent to an activating group) is 1. The number of carbonyl (C=O) groups excluding carboxylic acids is 1. The molecule has 2 atom stereocenters. The molecule has 1 amide bonds. The van der Waals surface area contributed by atoms with E-state index in [1.807, 2.05) is 0 Å². The molecule has 0 radical (unpaired) electrons. The van der Waals surface area contributed by atoms with E-state index in [2.05, 4.69) is 0 Å². The van der Waals surface area contributed by atoms with E-state index in [-0.39, 0.29) is 6.61 Å². The van der Waals surface area contributed by atoms with Crippen LogP contribution in [0.25, 0.3) is 6.08 Å². The maximum atomic E-state index is 12.0. The highest BCUT2D eigenvalue weighted by atomic mass is 35.5. The van der Waals surface area contributed by atoms with Crippen molar-refractivity contribution in [2.75, 3.05) is 13.7 Å². The number of aliphatic hydroxyl groups is 2. The van der Waals surface area contributed by atoms with Crippen molar-refractivity contribution in [1.82, 2.24) is 4.90 Å². The van der Waals surface area contributed by atoms with Crippen molar-refractivity contribution >= 4 is 23.8 Å². The van der Waals surface area contributed by atoms with Crippen LogP contribution in [0.15, 0.2) is 30.3 Å². The Kier molecular flexibility index (Phi) is 7.06. The van der Waals surface area contributed by atoms with Gasteiger partial charge >= 0.3 is 6.09 Å². The molecule has 0 heterocycles. The van der Waals surface area contributed by atoms with Crippen LogP contribution in [0.2, 0.25) is 5.02 Å². The standard InChI is InChI=1S/C17H24ClNO4/c1-17(2,3)23-16(22)19(4)14(11-20)15(21)10-7-12-5-8-13(18)9-6-12/h5-10,14-15,20-21H,11H2,1-4H3/b10-7+/t14?,15-/m1/s1. The summed E-state index contributed by atoms with van der Waals surface area (Å²) in [6.07, 6.45) is 1.58. The molecule has 0 aliphatic heterocycles. The van der Waals surface area contributed by atoms with Crippen LogP contribution in [-0.2, 0) is 4.74 Å². The monoisotopic (exact) mass is 341 g/mol. The molecule has 0 bridgehead atoms. The normalized spacial score (nSPS) is 14.6. The molecule has 0 fully saturated rings. The smallest absolute Gasteiger partial charge is 0.410 e. The van der Waals surface area contributed by atoms with Gasteiger partial charge in [-0.3, -0.25) is 0 Å². The molecule has 128 valence electrons. The van der Waals surface area contributed by atoms with E-state index in [9.17, 15) is 15.0 Å². The van der Waals surface area contributed by atoms with Gasteiger partial charge in [-0.15, -0.1) is 0 Å². The van der Waals surface area contributed by atoms with Gasteiger partial charge in [0.15, 0.2) is 0 Å². The first-order valence-corrected chi connectivity index (χ1v) is 7.70. The number of aliphatic hydroxyl groups excluding tert-OH is 2. The molecule has 1 rings (SSSR count). The first-order valence-electron chi connectivity index (χ1n) is 7.32. The quantitative estimate of drug-likeness (QED) is 0.864. The van der Waals surface area contributed by atoms with Crippen LogP contribution in [0.3, 0.4) is 0 Å². The lowest BCUT2D eigenvalue weighted by Gasteiger charge is -2.31. The number of rotatable bonds is 5. The van der Waals surface area contributed by atoms with Gasteiger partial charge in [0.2, 0.25) is 0 Å². The molecule has 6 heteroatoms. The van der Waals surface area contributed by atoms with Crippen molar-refractivity contribution in [1.29, 1.82) is 0 Å². The second kappa shape index (κ2) is 8.34. The lowest BCUT2D eigenvalue weighted by atomic mass is 10.1. The van der Waals surface area contributed by atoms with Gasteiger partial charge < -0.3 is 19.8 Å². The fourth-order valence-electron chi connectivity index (χ4n) is 1.84. The van der Waals surface area contributed by atoms with Crippen LogP contribution < -0.4 is 0 Å². The molecule has 0 saturated heterocycles. The molecule has 1 aromatic rings. The number of benzene rings is 1. The minimum atomic E-state index is -1.03. The third-order valence-electron chi connectivity index (χ3n) is 3.12. The van der Waals surface area contributed by atoms with Gasteiger partial charge in [0.1, 0.15) is 5.60 Å². The fourth-order valence-corrected chi connectivity index (χ4v) is 1.97. The number of carbonyl (C=O) groups is 1. The molecule has 1 aromatic carbocycles. The third-order valence-corrected chi connectivity index (χ3v) is 3.37. The molecule has 5 nitrogen and oxygen atoms in total. The van der Waals surface area contributed by atoms with Crippen molar-refractivity contribution in [3.05, 3.63) is 40.9 Å². The number of amides is 1. The Labute approximate surface area is 142 Å². The van der Waals surface area contributed by atoms with Gasteiger partial charge in [-0.05, 0) is 38.5 Å². The Morgan fingerprint density at radius 3 is 2.39 bits per heavy atom. The summed E-state index contributed by atoms with van der Waals surface area (Å²) in [6, 6.07) is 6.29. The van der Waals surface area contributed by atoms with E-state index in [1.54, 1.807) is 51.1 Å². The van der Waals surface area contributed by atoms with Crippen molar-refractivity contribution < 1.29 is 19.7 Å². The zero-order valence-corrected chi connectivity index (χ0v) is 14.6. The highest BCUT2D eigenvalue weighted by Gasteiger charge is 2.28. The van der Waals surface area contributed by atoms with E-state index in [1.165, 1.54) is 18.0 Å². The van der Waals surface area contributed by atoms with E-state index in [4.69, 9.17) is 16.3 Å². The molecular weight excluding hydrogens is 318 g/mol. The zero-order chi connectivity index (χ0) is 17.6. The first-order chi connectivity index (χ1) is 10.6. The predicted octanol–water partition coefficient (Wildman–Crippen LogP) is 2.94. The van der Waals surface area contributed by atoms with Crippen LogP contribution in [0.4, 0.5) is 4.79 Å². The van der Waals surface area contributed by atoms with Crippen molar-refractivity contribution in [2.45, 2.75) is 38.5 Å². The summed E-state index contributed by atoms with van der Waals surface area (Å²) in [5.74, 6) is 0. The number of ether oxygens (including phenoxy) is 1. The van der Waals surface area contributed by atoms with Crippen LogP contribution in [0.1, 0.15) is 26.3 Å². The molecular formula is C17H24ClNO4. The second-order valence-electron chi connectivity index (χ2n) is 6.24. The second-order valence-corrected chi connectivity index (χ2v) is 6.68. The van der Waals surface area contributed by atoms with Gasteiger partial charge in [0.05, 0.1) is 18.8 Å². The highest BCUT2D eigenvalue weighted by molar-refractivity contribution is 6.30. The van der Waals surface area contributed by atoms with E-state index < -0.39 is 23.8 Å². The lowest BCUT2D eigenvalue weighted by molar-refractivity contribution is -0.00150. The van der Waals surface area contributed by atoms with Gasteiger partial charge in [-0.1, -0.05) is 35.9 Å². The third kappa shape index (κ3) is 6.60. The average Bonchev–Trinajstić information content (AvgIpc) is 2.45. The Morgan fingerprint density at radius 2 is 1.91 bits per heavy atom. The number of hydrogen-bond acceptors (Lipinski definition) is 4. The molecule has 23 heavy (non-hydrogen) atoms. The molecule has 0 spiro atoms. The molecule has 1 unspecified atom stereocenters. The van der Waals surface area contributed by atoms with Crippen molar-refractivity contribution in [3.63, 3.8) is 0 Å².